The van der Waals surface area contributed by atoms with Gasteiger partial charge in [0.15, 0.2) is 0 Å². The van der Waals surface area contributed by atoms with E-state index >= 15 is 0 Å². The molecule has 0 radical (unpaired) electrons. The van der Waals surface area contributed by atoms with Crippen LogP contribution in [-0.2, 0) is 4.79 Å². The van der Waals surface area contributed by atoms with Crippen LogP contribution in [-0.4, -0.2) is 25.5 Å². The molecule has 1 amide bonds. The number of rotatable bonds is 3. The van der Waals surface area contributed by atoms with Gasteiger partial charge in [-0.2, -0.15) is 9.50 Å². The van der Waals surface area contributed by atoms with E-state index < -0.39 is 0 Å². The first-order valence-electron chi connectivity index (χ1n) is 6.89. The molecule has 1 fully saturated rings. The molecule has 2 aromatic heterocycles. The normalized spacial score (nSPS) is 14.3. The van der Waals surface area contributed by atoms with Crippen LogP contribution in [0.2, 0.25) is 0 Å². The molecule has 2 heterocycles. The summed E-state index contributed by atoms with van der Waals surface area (Å²) in [6, 6.07) is 11.8. The Bertz CT molecular complexity index is 807. The van der Waals surface area contributed by atoms with E-state index in [0.29, 0.717) is 11.7 Å². The SMILES string of the molecule is O=C(Nc1nc2nccc(-c3ccccc3)n2n1)C1CC1. The van der Waals surface area contributed by atoms with E-state index in [-0.39, 0.29) is 11.8 Å². The van der Waals surface area contributed by atoms with Crippen LogP contribution in [0, 0.1) is 5.92 Å². The first kappa shape index (κ1) is 12.0. The molecule has 4 rings (SSSR count). The minimum atomic E-state index is -0.00725. The predicted octanol–water partition coefficient (Wildman–Crippen LogP) is 2.14. The van der Waals surface area contributed by atoms with Crippen molar-refractivity contribution in [1.82, 2.24) is 19.6 Å². The number of nitrogens with zero attached hydrogens (tertiary/aromatic N) is 4. The molecule has 104 valence electrons. The van der Waals surface area contributed by atoms with Gasteiger partial charge in [0.2, 0.25) is 5.91 Å². The Labute approximate surface area is 120 Å². The van der Waals surface area contributed by atoms with Gasteiger partial charge < -0.3 is 0 Å². The van der Waals surface area contributed by atoms with E-state index in [1.807, 2.05) is 36.4 Å². The molecule has 0 aliphatic heterocycles. The second kappa shape index (κ2) is 4.66. The van der Waals surface area contributed by atoms with Gasteiger partial charge >= 0.3 is 0 Å². The van der Waals surface area contributed by atoms with Gasteiger partial charge in [-0.15, -0.1) is 5.10 Å². The Morgan fingerprint density at radius 3 is 2.76 bits per heavy atom. The van der Waals surface area contributed by atoms with Gasteiger partial charge in [-0.25, -0.2) is 4.98 Å². The van der Waals surface area contributed by atoms with Crippen LogP contribution >= 0.6 is 0 Å². The maximum absolute atomic E-state index is 11.8. The number of benzene rings is 1. The van der Waals surface area contributed by atoms with Gasteiger partial charge in [0.05, 0.1) is 5.69 Å². The highest BCUT2D eigenvalue weighted by Gasteiger charge is 2.30. The molecule has 1 aromatic carbocycles. The van der Waals surface area contributed by atoms with Gasteiger partial charge in [-0.3, -0.25) is 10.1 Å². The number of fused-ring (bicyclic) bond motifs is 1. The standard InChI is InChI=1S/C15H13N5O/c21-13(11-6-7-11)17-14-18-15-16-9-8-12(20(15)19-14)10-4-2-1-3-5-10/h1-5,8-9,11H,6-7H2,(H,17,19,21). The zero-order valence-corrected chi connectivity index (χ0v) is 11.2. The third kappa shape index (κ3) is 2.24. The number of hydrogen-bond acceptors (Lipinski definition) is 4. The van der Waals surface area contributed by atoms with E-state index in [9.17, 15) is 4.79 Å². The van der Waals surface area contributed by atoms with Crippen LogP contribution in [0.15, 0.2) is 42.6 Å². The zero-order chi connectivity index (χ0) is 14.2. The van der Waals surface area contributed by atoms with E-state index in [0.717, 1.165) is 24.1 Å². The van der Waals surface area contributed by atoms with Crippen molar-refractivity contribution in [2.45, 2.75) is 12.8 Å². The van der Waals surface area contributed by atoms with Crippen LogP contribution in [0.25, 0.3) is 17.0 Å². The Morgan fingerprint density at radius 1 is 1.19 bits per heavy atom. The number of amides is 1. The third-order valence-electron chi connectivity index (χ3n) is 3.49. The second-order valence-electron chi connectivity index (χ2n) is 5.11. The minimum Gasteiger partial charge on any atom is -0.293 e. The van der Waals surface area contributed by atoms with Crippen molar-refractivity contribution in [2.75, 3.05) is 5.32 Å². The Kier molecular flexibility index (Phi) is 2.67. The maximum atomic E-state index is 11.8. The molecule has 0 bridgehead atoms. The molecule has 21 heavy (non-hydrogen) atoms. The molecule has 1 N–H and O–H groups in total. The topological polar surface area (TPSA) is 72.2 Å². The molecular weight excluding hydrogens is 266 g/mol. The molecule has 6 nitrogen and oxygen atoms in total. The van der Waals surface area contributed by atoms with Crippen molar-refractivity contribution in [1.29, 1.82) is 0 Å². The van der Waals surface area contributed by atoms with Crippen LogP contribution < -0.4 is 5.32 Å². The molecule has 0 atom stereocenters. The largest absolute Gasteiger partial charge is 0.293 e. The van der Waals surface area contributed by atoms with E-state index in [1.54, 1.807) is 10.7 Å². The fourth-order valence-electron chi connectivity index (χ4n) is 2.23. The van der Waals surface area contributed by atoms with E-state index in [4.69, 9.17) is 0 Å². The fourth-order valence-corrected chi connectivity index (χ4v) is 2.23. The lowest BCUT2D eigenvalue weighted by Crippen LogP contribution is -2.14. The zero-order valence-electron chi connectivity index (χ0n) is 11.2. The number of hydrogen-bond donors (Lipinski definition) is 1. The molecule has 1 aliphatic rings. The van der Waals surface area contributed by atoms with Crippen LogP contribution in [0.1, 0.15) is 12.8 Å². The Morgan fingerprint density at radius 2 is 2.00 bits per heavy atom. The summed E-state index contributed by atoms with van der Waals surface area (Å²) in [5.74, 6) is 0.899. The number of carbonyl (C=O) groups excluding carboxylic acids is 1. The number of nitrogens with one attached hydrogen (secondary N) is 1. The summed E-state index contributed by atoms with van der Waals surface area (Å²) in [5, 5.41) is 7.10. The average Bonchev–Trinajstić information content (AvgIpc) is 3.28. The quantitative estimate of drug-likeness (QED) is 0.797. The number of carbonyl (C=O) groups is 1. The first-order valence-corrected chi connectivity index (χ1v) is 6.89. The highest BCUT2D eigenvalue weighted by Crippen LogP contribution is 2.29. The second-order valence-corrected chi connectivity index (χ2v) is 5.11. The molecule has 1 aliphatic carbocycles. The number of aromatic nitrogens is 4. The lowest BCUT2D eigenvalue weighted by Gasteiger charge is -2.02. The first-order chi connectivity index (χ1) is 10.3. The molecule has 0 saturated heterocycles. The van der Waals surface area contributed by atoms with Crippen molar-refractivity contribution < 1.29 is 4.79 Å². The summed E-state index contributed by atoms with van der Waals surface area (Å²) in [5.41, 5.74) is 1.91. The summed E-state index contributed by atoms with van der Waals surface area (Å²) in [4.78, 5) is 20.2. The molecule has 3 aromatic rings. The van der Waals surface area contributed by atoms with Crippen molar-refractivity contribution in [3.63, 3.8) is 0 Å². The van der Waals surface area contributed by atoms with Gasteiger partial charge in [0.25, 0.3) is 11.7 Å². The highest BCUT2D eigenvalue weighted by atomic mass is 16.2. The number of anilines is 1. The molecular formula is C15H13N5O. The minimum absolute atomic E-state index is 0.00725. The van der Waals surface area contributed by atoms with Crippen LogP contribution in [0.5, 0.6) is 0 Å². The van der Waals surface area contributed by atoms with Crippen LogP contribution in [0.4, 0.5) is 5.95 Å². The van der Waals surface area contributed by atoms with Crippen molar-refractivity contribution >= 4 is 17.6 Å². The van der Waals surface area contributed by atoms with Gasteiger partial charge in [0.1, 0.15) is 0 Å². The summed E-state index contributed by atoms with van der Waals surface area (Å²) in [6.07, 6.45) is 3.60. The molecule has 6 heteroatoms. The average molecular weight is 279 g/mol. The van der Waals surface area contributed by atoms with Gasteiger partial charge in [0, 0.05) is 17.7 Å². The van der Waals surface area contributed by atoms with Crippen molar-refractivity contribution in [3.8, 4) is 11.3 Å². The van der Waals surface area contributed by atoms with Crippen molar-refractivity contribution in [2.24, 2.45) is 5.92 Å². The smallest absolute Gasteiger partial charge is 0.254 e. The lowest BCUT2D eigenvalue weighted by molar-refractivity contribution is -0.117. The van der Waals surface area contributed by atoms with Gasteiger partial charge in [-0.05, 0) is 18.9 Å². The lowest BCUT2D eigenvalue weighted by atomic mass is 10.1. The predicted molar refractivity (Wildman–Crippen MR) is 77.6 cm³/mol. The monoisotopic (exact) mass is 279 g/mol. The third-order valence-corrected chi connectivity index (χ3v) is 3.49. The van der Waals surface area contributed by atoms with E-state index in [1.165, 1.54) is 0 Å². The fraction of sp³-hybridized carbons (Fsp3) is 0.200. The van der Waals surface area contributed by atoms with Crippen LogP contribution in [0.3, 0.4) is 0 Å². The molecule has 1 saturated carbocycles. The molecule has 0 unspecified atom stereocenters. The summed E-state index contributed by atoms with van der Waals surface area (Å²) >= 11 is 0. The highest BCUT2D eigenvalue weighted by molar-refractivity contribution is 5.92. The molecule has 0 spiro atoms. The summed E-state index contributed by atoms with van der Waals surface area (Å²) < 4.78 is 1.65. The summed E-state index contributed by atoms with van der Waals surface area (Å²) in [6.45, 7) is 0. The summed E-state index contributed by atoms with van der Waals surface area (Å²) in [7, 11) is 0. The Balaban J connectivity index is 1.75. The Hall–Kier alpha value is -2.76. The van der Waals surface area contributed by atoms with E-state index in [2.05, 4.69) is 20.4 Å². The maximum Gasteiger partial charge on any atom is 0.254 e. The van der Waals surface area contributed by atoms with Crippen molar-refractivity contribution in [3.05, 3.63) is 42.6 Å². The van der Waals surface area contributed by atoms with Gasteiger partial charge in [-0.1, -0.05) is 30.3 Å².